The molecule has 232 valence electrons. The number of carbonyl (C=O) groups excluding carboxylic acids is 2. The van der Waals surface area contributed by atoms with E-state index in [1.807, 2.05) is 47.6 Å². The number of amides is 2. The lowest BCUT2D eigenvalue weighted by Gasteiger charge is -2.35. The van der Waals surface area contributed by atoms with Crippen molar-refractivity contribution in [3.8, 4) is 11.5 Å². The predicted octanol–water partition coefficient (Wildman–Crippen LogP) is 5.24. The topological polar surface area (TPSA) is 105 Å². The third kappa shape index (κ3) is 8.50. The lowest BCUT2D eigenvalue weighted by molar-refractivity contribution is -0.141. The molecule has 0 saturated carbocycles. The highest BCUT2D eigenvalue weighted by Gasteiger charge is 2.35. The van der Waals surface area contributed by atoms with Gasteiger partial charge in [-0.25, -0.2) is 8.42 Å². The van der Waals surface area contributed by atoms with E-state index in [2.05, 4.69) is 5.32 Å². The Balaban J connectivity index is 2.15. The number of benzene rings is 3. The average Bonchev–Trinajstić information content (AvgIpc) is 2.95. The Bertz CT molecular complexity index is 1530. The highest BCUT2D eigenvalue weighted by atomic mass is 32.2. The van der Waals surface area contributed by atoms with Gasteiger partial charge in [-0.05, 0) is 88.6 Å². The first-order valence-corrected chi connectivity index (χ1v) is 15.6. The van der Waals surface area contributed by atoms with Crippen molar-refractivity contribution in [1.82, 2.24) is 10.2 Å². The Labute approximate surface area is 255 Å². The van der Waals surface area contributed by atoms with Crippen LogP contribution >= 0.6 is 0 Å². The van der Waals surface area contributed by atoms with Gasteiger partial charge in [0.05, 0.1) is 24.8 Å². The van der Waals surface area contributed by atoms with Crippen LogP contribution in [0.25, 0.3) is 0 Å². The molecule has 3 rings (SSSR count). The summed E-state index contributed by atoms with van der Waals surface area (Å²) in [7, 11) is -1.23. The summed E-state index contributed by atoms with van der Waals surface area (Å²) in [5.41, 5.74) is 2.11. The number of sulfonamides is 1. The Hall–Kier alpha value is -4.05. The molecule has 43 heavy (non-hydrogen) atoms. The molecule has 0 aliphatic carbocycles. The Morgan fingerprint density at radius 1 is 0.907 bits per heavy atom. The summed E-state index contributed by atoms with van der Waals surface area (Å²) in [6.07, 6.45) is 0.316. The zero-order chi connectivity index (χ0) is 31.9. The molecule has 0 aromatic heterocycles. The van der Waals surface area contributed by atoms with E-state index in [1.54, 1.807) is 55.6 Å². The Kier molecular flexibility index (Phi) is 10.9. The maximum absolute atomic E-state index is 14.3. The van der Waals surface area contributed by atoms with Crippen molar-refractivity contribution < 1.29 is 27.5 Å². The van der Waals surface area contributed by atoms with E-state index in [4.69, 9.17) is 9.47 Å². The molecule has 3 aromatic rings. The first-order valence-electron chi connectivity index (χ1n) is 14.2. The number of nitrogens with zero attached hydrogens (tertiary/aromatic N) is 2. The molecule has 10 heteroatoms. The molecule has 0 spiro atoms. The van der Waals surface area contributed by atoms with Gasteiger partial charge in [0.25, 0.3) is 10.0 Å². The molecule has 1 N–H and O–H groups in total. The molecule has 0 unspecified atom stereocenters. The number of nitrogens with one attached hydrogen (secondary N) is 1. The van der Waals surface area contributed by atoms with Gasteiger partial charge in [0, 0.05) is 12.1 Å². The van der Waals surface area contributed by atoms with E-state index in [9.17, 15) is 18.0 Å². The van der Waals surface area contributed by atoms with Crippen molar-refractivity contribution in [2.45, 2.75) is 71.0 Å². The van der Waals surface area contributed by atoms with Crippen LogP contribution in [-0.2, 0) is 26.2 Å². The molecule has 9 nitrogen and oxygen atoms in total. The van der Waals surface area contributed by atoms with Crippen molar-refractivity contribution in [2.24, 2.45) is 0 Å². The van der Waals surface area contributed by atoms with E-state index in [0.29, 0.717) is 17.9 Å². The highest BCUT2D eigenvalue weighted by Crippen LogP contribution is 2.34. The second-order valence-corrected chi connectivity index (χ2v) is 13.4. The van der Waals surface area contributed by atoms with Crippen LogP contribution in [0.4, 0.5) is 5.69 Å². The molecule has 0 fully saturated rings. The molecular formula is C33H43N3O6S. The molecular weight excluding hydrogens is 566 g/mol. The summed E-state index contributed by atoms with van der Waals surface area (Å²) in [5, 5.41) is 2.98. The minimum absolute atomic E-state index is 0.0336. The maximum Gasteiger partial charge on any atom is 0.264 e. The van der Waals surface area contributed by atoms with Gasteiger partial charge in [0.15, 0.2) is 0 Å². The largest absolute Gasteiger partial charge is 0.497 e. The number of hydrogen-bond acceptors (Lipinski definition) is 6. The van der Waals surface area contributed by atoms with E-state index in [0.717, 1.165) is 21.0 Å². The number of aryl methyl sites for hydroxylation is 2. The number of hydrogen-bond donors (Lipinski definition) is 1. The average molecular weight is 610 g/mol. The van der Waals surface area contributed by atoms with E-state index >= 15 is 0 Å². The van der Waals surface area contributed by atoms with E-state index < -0.39 is 34.1 Å². The third-order valence-electron chi connectivity index (χ3n) is 6.86. The second-order valence-electron chi connectivity index (χ2n) is 11.5. The van der Waals surface area contributed by atoms with Gasteiger partial charge in [-0.15, -0.1) is 0 Å². The van der Waals surface area contributed by atoms with Crippen LogP contribution in [0.2, 0.25) is 0 Å². The smallest absolute Gasteiger partial charge is 0.264 e. The van der Waals surface area contributed by atoms with Gasteiger partial charge < -0.3 is 19.7 Å². The fourth-order valence-electron chi connectivity index (χ4n) is 4.69. The minimum atomic E-state index is -4.23. The number of rotatable bonds is 12. The summed E-state index contributed by atoms with van der Waals surface area (Å²) in [6, 6.07) is 18.0. The van der Waals surface area contributed by atoms with Crippen molar-refractivity contribution in [2.75, 3.05) is 25.1 Å². The molecule has 0 radical (unpaired) electrons. The SMILES string of the molecule is CC[C@H](C(=O)NC(C)(C)C)N(Cc1cccc(OC)c1)C(=O)CN(c1cc(C)ccc1OC)S(=O)(=O)c1ccc(C)cc1. The lowest BCUT2D eigenvalue weighted by atomic mass is 10.1. The third-order valence-corrected chi connectivity index (χ3v) is 8.64. The fourth-order valence-corrected chi connectivity index (χ4v) is 6.10. The normalized spacial score (nSPS) is 12.3. The molecule has 2 amide bonds. The second kappa shape index (κ2) is 13.9. The van der Waals surface area contributed by atoms with E-state index in [-0.39, 0.29) is 23.0 Å². The molecule has 0 aliphatic heterocycles. The first-order chi connectivity index (χ1) is 20.2. The van der Waals surface area contributed by atoms with Gasteiger partial charge in [-0.3, -0.25) is 13.9 Å². The number of ether oxygens (including phenoxy) is 2. The van der Waals surface area contributed by atoms with Crippen LogP contribution in [0.5, 0.6) is 11.5 Å². The molecule has 0 bridgehead atoms. The minimum Gasteiger partial charge on any atom is -0.497 e. The van der Waals surface area contributed by atoms with Crippen LogP contribution in [0.15, 0.2) is 71.6 Å². The van der Waals surface area contributed by atoms with Crippen LogP contribution in [-0.4, -0.2) is 57.5 Å². The van der Waals surface area contributed by atoms with Gasteiger partial charge in [-0.1, -0.05) is 42.8 Å². The van der Waals surface area contributed by atoms with Crippen LogP contribution < -0.4 is 19.1 Å². The predicted molar refractivity (Wildman–Crippen MR) is 169 cm³/mol. The van der Waals surface area contributed by atoms with Crippen molar-refractivity contribution >= 4 is 27.5 Å². The Morgan fingerprint density at radius 2 is 1.56 bits per heavy atom. The van der Waals surface area contributed by atoms with Gasteiger partial charge in [-0.2, -0.15) is 0 Å². The standard InChI is InChI=1S/C33H43N3O6S/c1-9-28(32(38)34-33(4,5)6)35(21-25-11-10-12-26(20-25)41-7)31(37)22-36(29-19-24(3)15-18-30(29)42-8)43(39,40)27-16-13-23(2)14-17-27/h10-20,28H,9,21-22H2,1-8H3,(H,34,38)/t28-/m1/s1. The molecule has 0 saturated heterocycles. The number of methoxy groups -OCH3 is 2. The van der Waals surface area contributed by atoms with Crippen molar-refractivity contribution in [3.63, 3.8) is 0 Å². The summed E-state index contributed by atoms with van der Waals surface area (Å²) in [5.74, 6) is 0.0291. The van der Waals surface area contributed by atoms with E-state index in [1.165, 1.54) is 24.1 Å². The zero-order valence-electron chi connectivity index (χ0n) is 26.3. The summed E-state index contributed by atoms with van der Waals surface area (Å²) >= 11 is 0. The highest BCUT2D eigenvalue weighted by molar-refractivity contribution is 7.92. The molecule has 3 aromatic carbocycles. The molecule has 0 heterocycles. The fraction of sp³-hybridized carbons (Fsp3) is 0.394. The summed E-state index contributed by atoms with van der Waals surface area (Å²) in [4.78, 5) is 29.3. The van der Waals surface area contributed by atoms with Crippen molar-refractivity contribution in [1.29, 1.82) is 0 Å². The van der Waals surface area contributed by atoms with Crippen LogP contribution in [0.3, 0.4) is 0 Å². The van der Waals surface area contributed by atoms with Gasteiger partial charge >= 0.3 is 0 Å². The first kappa shape index (κ1) is 33.5. The zero-order valence-corrected chi connectivity index (χ0v) is 27.1. The van der Waals surface area contributed by atoms with Crippen LogP contribution in [0.1, 0.15) is 50.8 Å². The molecule has 0 aliphatic rings. The monoisotopic (exact) mass is 609 g/mol. The van der Waals surface area contributed by atoms with Crippen molar-refractivity contribution in [3.05, 3.63) is 83.4 Å². The maximum atomic E-state index is 14.3. The summed E-state index contributed by atoms with van der Waals surface area (Å²) in [6.45, 7) is 10.6. The van der Waals surface area contributed by atoms with Gasteiger partial charge in [0.1, 0.15) is 24.1 Å². The number of anilines is 1. The van der Waals surface area contributed by atoms with Crippen LogP contribution in [0, 0.1) is 13.8 Å². The lowest BCUT2D eigenvalue weighted by Crippen LogP contribution is -2.55. The quantitative estimate of drug-likeness (QED) is 0.301. The Morgan fingerprint density at radius 3 is 2.14 bits per heavy atom. The summed E-state index contributed by atoms with van der Waals surface area (Å²) < 4.78 is 40.4. The number of carbonyl (C=O) groups is 2. The van der Waals surface area contributed by atoms with Gasteiger partial charge in [0.2, 0.25) is 11.8 Å². The molecule has 1 atom stereocenters.